The van der Waals surface area contributed by atoms with Crippen LogP contribution in [0.3, 0.4) is 0 Å². The van der Waals surface area contributed by atoms with Crippen molar-refractivity contribution >= 4 is 26.4 Å². The molecule has 0 unspecified atom stereocenters. The van der Waals surface area contributed by atoms with Crippen LogP contribution in [-0.2, 0) is 10.1 Å². The molecule has 0 aliphatic heterocycles. The number of fused-ring (bicyclic) bond motifs is 1. The van der Waals surface area contributed by atoms with Crippen LogP contribution >= 0.6 is 11.3 Å². The van der Waals surface area contributed by atoms with Crippen LogP contribution in [0.25, 0.3) is 16.2 Å². The van der Waals surface area contributed by atoms with Crippen LogP contribution in [0.5, 0.6) is 5.75 Å². The first-order valence-corrected chi connectivity index (χ1v) is 8.13. The Morgan fingerprint density at radius 3 is 2.63 bits per heavy atom. The third-order valence-electron chi connectivity index (χ3n) is 2.49. The Balaban J connectivity index is 1.92. The van der Waals surface area contributed by atoms with E-state index in [1.165, 1.54) is 0 Å². The van der Waals surface area contributed by atoms with Crippen molar-refractivity contribution in [2.24, 2.45) is 0 Å². The van der Waals surface area contributed by atoms with Crippen LogP contribution in [0.4, 0.5) is 0 Å². The highest BCUT2D eigenvalue weighted by Gasteiger charge is 2.07. The Hall–Kier alpha value is -1.86. The van der Waals surface area contributed by atoms with Crippen molar-refractivity contribution in [1.29, 1.82) is 0 Å². The van der Waals surface area contributed by atoms with Crippen molar-refractivity contribution in [2.45, 2.75) is 0 Å². The minimum atomic E-state index is -3.48. The molecule has 2 aromatic heterocycles. The van der Waals surface area contributed by atoms with Gasteiger partial charge in [0, 0.05) is 23.3 Å². The van der Waals surface area contributed by atoms with Gasteiger partial charge in [-0.15, -0.1) is 11.3 Å². The highest BCUT2D eigenvalue weighted by molar-refractivity contribution is 7.86. The van der Waals surface area contributed by atoms with E-state index in [0.29, 0.717) is 5.75 Å². The van der Waals surface area contributed by atoms with E-state index in [1.54, 1.807) is 35.6 Å². The molecule has 3 rings (SSSR count). The van der Waals surface area contributed by atoms with Crippen molar-refractivity contribution in [1.82, 2.24) is 9.38 Å². The normalized spacial score (nSPS) is 11.8. The van der Waals surface area contributed by atoms with E-state index in [1.807, 2.05) is 22.2 Å². The van der Waals surface area contributed by atoms with Crippen LogP contribution in [0.2, 0.25) is 0 Å². The maximum atomic E-state index is 11.0. The minimum Gasteiger partial charge on any atom is -0.383 e. The molecule has 0 spiro atoms. The number of benzene rings is 1. The third-order valence-corrected chi connectivity index (χ3v) is 3.76. The number of imidazole rings is 1. The van der Waals surface area contributed by atoms with Gasteiger partial charge in [-0.3, -0.25) is 4.40 Å². The van der Waals surface area contributed by atoms with Crippen molar-refractivity contribution in [3.05, 3.63) is 42.0 Å². The molecular weight excluding hydrogens is 284 g/mol. The predicted octanol–water partition coefficient (Wildman–Crippen LogP) is 2.40. The first-order chi connectivity index (χ1) is 9.01. The molecule has 5 nitrogen and oxygen atoms in total. The van der Waals surface area contributed by atoms with Gasteiger partial charge < -0.3 is 4.18 Å². The van der Waals surface area contributed by atoms with Gasteiger partial charge in [0.25, 0.3) is 0 Å². The first-order valence-electron chi connectivity index (χ1n) is 5.43. The molecule has 0 amide bonds. The van der Waals surface area contributed by atoms with Gasteiger partial charge in [-0.05, 0) is 24.3 Å². The second-order valence-corrected chi connectivity index (χ2v) is 6.48. The molecule has 1 aromatic carbocycles. The standard InChI is InChI=1S/C12H10N2O3S2/c1-19(15,16)17-10-4-2-9(3-5-10)11-8-14-6-7-18-12(14)13-11/h2-8H,1H3. The van der Waals surface area contributed by atoms with Gasteiger partial charge in [0.05, 0.1) is 11.9 Å². The summed E-state index contributed by atoms with van der Waals surface area (Å²) in [5.41, 5.74) is 1.76. The van der Waals surface area contributed by atoms with Gasteiger partial charge >= 0.3 is 10.1 Å². The van der Waals surface area contributed by atoms with Crippen LogP contribution < -0.4 is 4.18 Å². The zero-order chi connectivity index (χ0) is 13.5. The van der Waals surface area contributed by atoms with Crippen molar-refractivity contribution in [2.75, 3.05) is 6.26 Å². The molecule has 2 heterocycles. The molecule has 0 saturated carbocycles. The second-order valence-electron chi connectivity index (χ2n) is 4.03. The molecule has 0 radical (unpaired) electrons. The number of nitrogens with zero attached hydrogens (tertiary/aromatic N) is 2. The lowest BCUT2D eigenvalue weighted by atomic mass is 10.2. The van der Waals surface area contributed by atoms with E-state index in [4.69, 9.17) is 4.18 Å². The quantitative estimate of drug-likeness (QED) is 0.696. The van der Waals surface area contributed by atoms with Gasteiger partial charge in [-0.2, -0.15) is 8.42 Å². The topological polar surface area (TPSA) is 60.7 Å². The summed E-state index contributed by atoms with van der Waals surface area (Å²) >= 11 is 1.56. The average Bonchev–Trinajstić information content (AvgIpc) is 2.87. The zero-order valence-corrected chi connectivity index (χ0v) is 11.6. The number of thiazole rings is 1. The van der Waals surface area contributed by atoms with E-state index in [-0.39, 0.29) is 0 Å². The Morgan fingerprint density at radius 2 is 2.00 bits per heavy atom. The van der Waals surface area contributed by atoms with Gasteiger partial charge in [-0.1, -0.05) is 0 Å². The van der Waals surface area contributed by atoms with Crippen LogP contribution in [0.15, 0.2) is 42.0 Å². The second kappa shape index (κ2) is 4.36. The summed E-state index contributed by atoms with van der Waals surface area (Å²) in [5.74, 6) is 0.298. The molecule has 0 N–H and O–H groups in total. The highest BCUT2D eigenvalue weighted by Crippen LogP contribution is 2.24. The lowest BCUT2D eigenvalue weighted by Gasteiger charge is -2.03. The summed E-state index contributed by atoms with van der Waals surface area (Å²) in [5, 5.41) is 1.97. The number of rotatable bonds is 3. The molecule has 7 heteroatoms. The van der Waals surface area contributed by atoms with Gasteiger partial charge in [0.15, 0.2) is 4.96 Å². The summed E-state index contributed by atoms with van der Waals surface area (Å²) < 4.78 is 28.7. The number of hydrogen-bond donors (Lipinski definition) is 0. The fraction of sp³-hybridized carbons (Fsp3) is 0.0833. The lowest BCUT2D eigenvalue weighted by Crippen LogP contribution is -2.05. The smallest absolute Gasteiger partial charge is 0.306 e. The van der Waals surface area contributed by atoms with Gasteiger partial charge in [0.1, 0.15) is 5.75 Å². The molecule has 0 bridgehead atoms. The Morgan fingerprint density at radius 1 is 1.26 bits per heavy atom. The van der Waals surface area contributed by atoms with E-state index in [2.05, 4.69) is 4.98 Å². The molecule has 0 aliphatic rings. The Kier molecular flexibility index (Phi) is 2.79. The minimum absolute atomic E-state index is 0.298. The monoisotopic (exact) mass is 294 g/mol. The Labute approximate surface area is 114 Å². The molecule has 98 valence electrons. The largest absolute Gasteiger partial charge is 0.383 e. The van der Waals surface area contributed by atoms with E-state index >= 15 is 0 Å². The number of aromatic nitrogens is 2. The SMILES string of the molecule is CS(=O)(=O)Oc1ccc(-c2cn3ccsc3n2)cc1. The summed E-state index contributed by atoms with van der Waals surface area (Å²) in [6.45, 7) is 0. The molecule has 0 saturated heterocycles. The Bertz CT molecular complexity index is 788. The van der Waals surface area contributed by atoms with Gasteiger partial charge in [0.2, 0.25) is 0 Å². The fourth-order valence-corrected chi connectivity index (χ4v) is 2.88. The molecule has 19 heavy (non-hydrogen) atoms. The van der Waals surface area contributed by atoms with Crippen LogP contribution in [0, 0.1) is 0 Å². The lowest BCUT2D eigenvalue weighted by molar-refractivity contribution is 0.493. The van der Waals surface area contributed by atoms with E-state index in [0.717, 1.165) is 22.5 Å². The summed E-state index contributed by atoms with van der Waals surface area (Å²) in [7, 11) is -3.48. The zero-order valence-electron chi connectivity index (χ0n) is 9.98. The summed E-state index contributed by atoms with van der Waals surface area (Å²) in [4.78, 5) is 5.39. The maximum absolute atomic E-state index is 11.0. The van der Waals surface area contributed by atoms with Crippen LogP contribution in [0.1, 0.15) is 0 Å². The molecule has 0 aliphatic carbocycles. The van der Waals surface area contributed by atoms with E-state index in [9.17, 15) is 8.42 Å². The highest BCUT2D eigenvalue weighted by atomic mass is 32.2. The average molecular weight is 294 g/mol. The number of hydrogen-bond acceptors (Lipinski definition) is 5. The fourth-order valence-electron chi connectivity index (χ4n) is 1.72. The van der Waals surface area contributed by atoms with Crippen molar-refractivity contribution in [3.8, 4) is 17.0 Å². The van der Waals surface area contributed by atoms with E-state index < -0.39 is 10.1 Å². The molecule has 0 fully saturated rings. The first kappa shape index (κ1) is 12.2. The van der Waals surface area contributed by atoms with Gasteiger partial charge in [-0.25, -0.2) is 4.98 Å². The summed E-state index contributed by atoms with van der Waals surface area (Å²) in [6.07, 6.45) is 4.89. The predicted molar refractivity (Wildman–Crippen MR) is 74.0 cm³/mol. The third kappa shape index (κ3) is 2.61. The molecule has 3 aromatic rings. The van der Waals surface area contributed by atoms with Crippen LogP contribution in [-0.4, -0.2) is 24.1 Å². The van der Waals surface area contributed by atoms with Crippen molar-refractivity contribution < 1.29 is 12.6 Å². The molecule has 0 atom stereocenters. The summed E-state index contributed by atoms with van der Waals surface area (Å²) in [6, 6.07) is 6.80. The molecular formula is C12H10N2O3S2. The van der Waals surface area contributed by atoms with Crippen molar-refractivity contribution in [3.63, 3.8) is 0 Å². The maximum Gasteiger partial charge on any atom is 0.306 e.